The zero-order chi connectivity index (χ0) is 38.8. The van der Waals surface area contributed by atoms with Crippen LogP contribution in [-0.4, -0.2) is 58.9 Å². The maximum absolute atomic E-state index is 16.1. The van der Waals surface area contributed by atoms with Crippen LogP contribution in [0.25, 0.3) is 11.1 Å². The normalized spacial score (nSPS) is 14.8. The second-order valence-corrected chi connectivity index (χ2v) is 13.8. The summed E-state index contributed by atoms with van der Waals surface area (Å²) in [7, 11) is 0. The third-order valence-electron chi connectivity index (χ3n) is 9.05. The number of amides is 1. The molecular weight excluding hydrogens is 772 g/mol. The molecule has 1 unspecified atom stereocenters. The lowest BCUT2D eigenvalue weighted by Gasteiger charge is -2.34. The number of hydrogen-bond donors (Lipinski definition) is 2. The van der Waals surface area contributed by atoms with Gasteiger partial charge in [0.25, 0.3) is 5.56 Å². The minimum Gasteiger partial charge on any atom is -0.507 e. The number of rotatable bonds is 12. The molecule has 2 N–H and O–H groups in total. The SMILES string of the molecule is CCOC(=O)C[C@H](NC(=O)C(c1cc(Br)ccc1F)n1cc(CCN2CC(F)C2)c(C(F)(F)F)cc1=O)c1cc(-c2c(C)cccc2O)cc(C)c1F. The van der Waals surface area contributed by atoms with E-state index in [1.807, 2.05) is 0 Å². The molecule has 3 aromatic carbocycles. The average Bonchev–Trinajstić information content (AvgIpc) is 3.06. The van der Waals surface area contributed by atoms with E-state index in [1.54, 1.807) is 24.0 Å². The Hall–Kier alpha value is -4.63. The van der Waals surface area contributed by atoms with Gasteiger partial charge in [0.05, 0.1) is 24.6 Å². The summed E-state index contributed by atoms with van der Waals surface area (Å²) in [6.45, 7) is 4.71. The number of aromatic nitrogens is 1. The molecule has 0 spiro atoms. The maximum atomic E-state index is 16.1. The summed E-state index contributed by atoms with van der Waals surface area (Å²) in [6.07, 6.45) is -6.18. The number of likely N-dealkylation sites (tertiary alicyclic amines) is 1. The van der Waals surface area contributed by atoms with Crippen molar-refractivity contribution in [1.82, 2.24) is 14.8 Å². The van der Waals surface area contributed by atoms with Gasteiger partial charge in [0.2, 0.25) is 5.91 Å². The molecule has 1 fully saturated rings. The number of aryl methyl sites for hydroxylation is 2. The van der Waals surface area contributed by atoms with Gasteiger partial charge in [0.1, 0.15) is 29.6 Å². The highest BCUT2D eigenvalue weighted by Gasteiger charge is 2.37. The summed E-state index contributed by atoms with van der Waals surface area (Å²) < 4.78 is 93.8. The smallest absolute Gasteiger partial charge is 0.416 e. The van der Waals surface area contributed by atoms with Crippen molar-refractivity contribution in [3.05, 3.63) is 121 Å². The zero-order valence-corrected chi connectivity index (χ0v) is 30.5. The third kappa shape index (κ3) is 8.95. The minimum absolute atomic E-state index is 0.0108. The van der Waals surface area contributed by atoms with Gasteiger partial charge in [0.15, 0.2) is 0 Å². The van der Waals surface area contributed by atoms with Crippen molar-refractivity contribution in [1.29, 1.82) is 0 Å². The molecule has 2 atom stereocenters. The van der Waals surface area contributed by atoms with Gasteiger partial charge in [-0.15, -0.1) is 0 Å². The Bertz CT molecular complexity index is 2060. The number of aromatic hydroxyl groups is 1. The molecule has 1 saturated heterocycles. The van der Waals surface area contributed by atoms with E-state index < -0.39 is 76.6 Å². The predicted molar refractivity (Wildman–Crippen MR) is 188 cm³/mol. The summed E-state index contributed by atoms with van der Waals surface area (Å²) >= 11 is 3.21. The Kier molecular flexibility index (Phi) is 12.1. The van der Waals surface area contributed by atoms with Crippen LogP contribution in [0.1, 0.15) is 58.8 Å². The highest BCUT2D eigenvalue weighted by molar-refractivity contribution is 9.10. The molecule has 53 heavy (non-hydrogen) atoms. The number of esters is 1. The topological polar surface area (TPSA) is 101 Å². The van der Waals surface area contributed by atoms with Crippen molar-refractivity contribution in [2.24, 2.45) is 0 Å². The molecule has 1 aromatic heterocycles. The van der Waals surface area contributed by atoms with Crippen LogP contribution in [0.5, 0.6) is 5.75 Å². The minimum atomic E-state index is -4.97. The molecule has 0 aliphatic carbocycles. The Labute approximate surface area is 309 Å². The number of hydrogen-bond acceptors (Lipinski definition) is 6. The van der Waals surface area contributed by atoms with E-state index in [0.717, 1.165) is 12.3 Å². The molecule has 1 aliphatic heterocycles. The summed E-state index contributed by atoms with van der Waals surface area (Å²) in [5.41, 5.74) is -2.17. The van der Waals surface area contributed by atoms with Crippen molar-refractivity contribution >= 4 is 27.8 Å². The first-order valence-electron chi connectivity index (χ1n) is 16.7. The van der Waals surface area contributed by atoms with Crippen molar-refractivity contribution < 1.29 is 45.8 Å². The molecule has 15 heteroatoms. The Morgan fingerprint density at radius 1 is 1.04 bits per heavy atom. The number of carbonyl (C=O) groups is 2. The van der Waals surface area contributed by atoms with Gasteiger partial charge >= 0.3 is 12.1 Å². The first-order valence-corrected chi connectivity index (χ1v) is 17.5. The lowest BCUT2D eigenvalue weighted by atomic mass is 9.92. The number of halogens is 7. The molecule has 2 heterocycles. The second-order valence-electron chi connectivity index (χ2n) is 12.9. The van der Waals surface area contributed by atoms with Crippen LogP contribution in [0, 0.1) is 25.5 Å². The number of nitrogens with zero attached hydrogens (tertiary/aromatic N) is 2. The van der Waals surface area contributed by atoms with E-state index >= 15 is 8.78 Å². The van der Waals surface area contributed by atoms with Gasteiger partial charge < -0.3 is 15.2 Å². The van der Waals surface area contributed by atoms with Crippen LogP contribution < -0.4 is 10.9 Å². The molecule has 1 amide bonds. The van der Waals surface area contributed by atoms with E-state index in [0.29, 0.717) is 27.3 Å². The Balaban J connectivity index is 1.65. The number of ether oxygens (including phenoxy) is 1. The van der Waals surface area contributed by atoms with Crippen LogP contribution in [-0.2, 0) is 26.9 Å². The van der Waals surface area contributed by atoms with E-state index in [1.165, 1.54) is 44.2 Å². The molecule has 0 saturated carbocycles. The van der Waals surface area contributed by atoms with Gasteiger partial charge in [-0.25, -0.2) is 13.2 Å². The lowest BCUT2D eigenvalue weighted by molar-refractivity contribution is -0.144. The van der Waals surface area contributed by atoms with Crippen molar-refractivity contribution in [2.75, 3.05) is 26.2 Å². The number of carbonyl (C=O) groups excluding carboxylic acids is 2. The number of benzene rings is 3. The molecule has 0 bridgehead atoms. The molecule has 282 valence electrons. The number of phenolic OH excluding ortho intramolecular Hbond substituents is 1. The standard InChI is InChI=1S/C38H36BrF6N3O5/c1-4-53-33(51)16-30(27-13-23(12-21(3)35(27)42)34-20(2)6-5-7-31(34)49)46-37(52)36(26-14-24(39)8-9-29(26)41)48-17-22(10-11-47-18-25(40)19-47)28(15-32(48)50)38(43,44)45/h5-9,12-15,17,25,30,36,49H,4,10-11,16,18-19H2,1-3H3,(H,46,52)/t30-,36?/m0/s1. The average molecular weight is 809 g/mol. The third-order valence-corrected chi connectivity index (χ3v) is 9.54. The summed E-state index contributed by atoms with van der Waals surface area (Å²) in [5, 5.41) is 13.2. The van der Waals surface area contributed by atoms with Crippen LogP contribution in [0.3, 0.4) is 0 Å². The molecule has 5 rings (SSSR count). The van der Waals surface area contributed by atoms with Gasteiger partial charge in [-0.1, -0.05) is 28.1 Å². The summed E-state index contributed by atoms with van der Waals surface area (Å²) in [5.74, 6) is -3.93. The van der Waals surface area contributed by atoms with Gasteiger partial charge in [-0.3, -0.25) is 23.9 Å². The fraction of sp³-hybridized carbons (Fsp3) is 0.342. The molecular formula is C38H36BrF6N3O5. The van der Waals surface area contributed by atoms with Crippen LogP contribution in [0.4, 0.5) is 26.3 Å². The first kappa shape index (κ1) is 39.6. The highest BCUT2D eigenvalue weighted by atomic mass is 79.9. The monoisotopic (exact) mass is 807 g/mol. The quantitative estimate of drug-likeness (QED) is 0.114. The highest BCUT2D eigenvalue weighted by Crippen LogP contribution is 2.37. The summed E-state index contributed by atoms with van der Waals surface area (Å²) in [6, 6.07) is 7.92. The molecule has 0 radical (unpaired) electrons. The fourth-order valence-corrected chi connectivity index (χ4v) is 6.84. The summed E-state index contributed by atoms with van der Waals surface area (Å²) in [4.78, 5) is 42.4. The van der Waals surface area contributed by atoms with Crippen LogP contribution >= 0.6 is 15.9 Å². The Morgan fingerprint density at radius 2 is 1.75 bits per heavy atom. The predicted octanol–water partition coefficient (Wildman–Crippen LogP) is 7.49. The lowest BCUT2D eigenvalue weighted by Crippen LogP contribution is -2.49. The molecule has 8 nitrogen and oxygen atoms in total. The molecule has 1 aliphatic rings. The van der Waals surface area contributed by atoms with Crippen molar-refractivity contribution in [3.63, 3.8) is 0 Å². The Morgan fingerprint density at radius 3 is 2.40 bits per heavy atom. The molecule has 4 aromatic rings. The zero-order valence-electron chi connectivity index (χ0n) is 28.9. The largest absolute Gasteiger partial charge is 0.507 e. The fourth-order valence-electron chi connectivity index (χ4n) is 6.46. The number of pyridine rings is 1. The van der Waals surface area contributed by atoms with E-state index in [9.17, 15) is 37.1 Å². The van der Waals surface area contributed by atoms with Crippen molar-refractivity contribution in [3.8, 4) is 16.9 Å². The van der Waals surface area contributed by atoms with Gasteiger partial charge in [-0.05, 0) is 85.8 Å². The number of nitrogens with one attached hydrogen (secondary N) is 1. The van der Waals surface area contributed by atoms with Crippen LogP contribution in [0.2, 0.25) is 0 Å². The van der Waals surface area contributed by atoms with E-state index in [-0.39, 0.29) is 54.0 Å². The number of phenols is 1. The van der Waals surface area contributed by atoms with Gasteiger partial charge in [0, 0.05) is 53.1 Å². The number of alkyl halides is 4. The van der Waals surface area contributed by atoms with Gasteiger partial charge in [-0.2, -0.15) is 13.2 Å². The van der Waals surface area contributed by atoms with E-state index in [4.69, 9.17) is 4.74 Å². The van der Waals surface area contributed by atoms with E-state index in [2.05, 4.69) is 21.2 Å². The maximum Gasteiger partial charge on any atom is 0.416 e. The van der Waals surface area contributed by atoms with Crippen LogP contribution in [0.15, 0.2) is 70.1 Å². The first-order chi connectivity index (χ1) is 25.0. The van der Waals surface area contributed by atoms with Crippen molar-refractivity contribution in [2.45, 2.75) is 58.0 Å². The second kappa shape index (κ2) is 16.2.